The molecule has 3 aromatic carbocycles. The van der Waals surface area contributed by atoms with E-state index in [1.165, 1.54) is 25.3 Å². The topological polar surface area (TPSA) is 84.9 Å². The standard InChI is InChI=1S/C25H19FN2O5/c1-32-20-11-7-19(8-12-20)28-24(30)22(23(29)27-25(28)31)14-16-5-9-21(10-6-16)33-15-17-3-2-4-18(26)13-17/h2-14H,15H2,1H3,(H,27,29,31)/b22-14+. The summed E-state index contributed by atoms with van der Waals surface area (Å²) in [7, 11) is 1.51. The second-order valence-electron chi connectivity index (χ2n) is 7.14. The Kier molecular flexibility index (Phi) is 6.17. The summed E-state index contributed by atoms with van der Waals surface area (Å²) in [5.41, 5.74) is 1.38. The molecule has 1 N–H and O–H groups in total. The number of carbonyl (C=O) groups excluding carboxylic acids is 3. The van der Waals surface area contributed by atoms with E-state index < -0.39 is 17.8 Å². The number of imide groups is 2. The number of hydrogen-bond donors (Lipinski definition) is 1. The molecule has 0 radical (unpaired) electrons. The van der Waals surface area contributed by atoms with Gasteiger partial charge in [0.1, 0.15) is 29.5 Å². The van der Waals surface area contributed by atoms with Crippen molar-refractivity contribution in [3.8, 4) is 11.5 Å². The Hall–Kier alpha value is -4.46. The molecular formula is C25H19FN2O5. The van der Waals surface area contributed by atoms with Gasteiger partial charge in [-0.15, -0.1) is 0 Å². The zero-order valence-corrected chi connectivity index (χ0v) is 17.6. The smallest absolute Gasteiger partial charge is 0.335 e. The molecule has 1 saturated heterocycles. The summed E-state index contributed by atoms with van der Waals surface area (Å²) >= 11 is 0. The van der Waals surface area contributed by atoms with Crippen molar-refractivity contribution in [2.24, 2.45) is 0 Å². The first-order valence-corrected chi connectivity index (χ1v) is 9.97. The van der Waals surface area contributed by atoms with Gasteiger partial charge >= 0.3 is 6.03 Å². The highest BCUT2D eigenvalue weighted by Gasteiger charge is 2.36. The highest BCUT2D eigenvalue weighted by Crippen LogP contribution is 2.24. The number of nitrogens with one attached hydrogen (secondary N) is 1. The number of urea groups is 1. The van der Waals surface area contributed by atoms with Crippen LogP contribution in [0.2, 0.25) is 0 Å². The SMILES string of the molecule is COc1ccc(N2C(=O)NC(=O)/C(=C\c3ccc(OCc4cccc(F)c4)cc3)C2=O)cc1. The Morgan fingerprint density at radius 1 is 0.939 bits per heavy atom. The Labute approximate surface area is 189 Å². The van der Waals surface area contributed by atoms with Crippen molar-refractivity contribution in [1.29, 1.82) is 0 Å². The van der Waals surface area contributed by atoms with Crippen LogP contribution < -0.4 is 19.7 Å². The first kappa shape index (κ1) is 21.8. The Morgan fingerprint density at radius 3 is 2.30 bits per heavy atom. The van der Waals surface area contributed by atoms with Crippen LogP contribution in [0, 0.1) is 5.82 Å². The fourth-order valence-corrected chi connectivity index (χ4v) is 3.24. The zero-order valence-electron chi connectivity index (χ0n) is 17.6. The summed E-state index contributed by atoms with van der Waals surface area (Å²) in [6.07, 6.45) is 1.40. The molecule has 0 aromatic heterocycles. The lowest BCUT2D eigenvalue weighted by Crippen LogP contribution is -2.54. The van der Waals surface area contributed by atoms with Crippen molar-refractivity contribution >= 4 is 29.6 Å². The third-order valence-corrected chi connectivity index (χ3v) is 4.92. The van der Waals surface area contributed by atoms with Gasteiger partial charge in [-0.05, 0) is 65.7 Å². The molecule has 33 heavy (non-hydrogen) atoms. The van der Waals surface area contributed by atoms with E-state index in [-0.39, 0.29) is 18.0 Å². The number of barbiturate groups is 1. The minimum Gasteiger partial charge on any atom is -0.497 e. The van der Waals surface area contributed by atoms with E-state index in [0.29, 0.717) is 28.3 Å². The monoisotopic (exact) mass is 446 g/mol. The number of rotatable bonds is 6. The molecule has 4 rings (SSSR count). The molecule has 0 bridgehead atoms. The first-order chi connectivity index (χ1) is 15.9. The van der Waals surface area contributed by atoms with E-state index in [1.54, 1.807) is 60.7 Å². The van der Waals surface area contributed by atoms with E-state index in [9.17, 15) is 18.8 Å². The highest BCUT2D eigenvalue weighted by atomic mass is 19.1. The van der Waals surface area contributed by atoms with Gasteiger partial charge in [0.2, 0.25) is 0 Å². The molecule has 4 amide bonds. The summed E-state index contributed by atoms with van der Waals surface area (Å²) in [5, 5.41) is 2.18. The van der Waals surface area contributed by atoms with Crippen LogP contribution in [0.4, 0.5) is 14.9 Å². The summed E-state index contributed by atoms with van der Waals surface area (Å²) < 4.78 is 24.0. The van der Waals surface area contributed by atoms with Gasteiger partial charge in [-0.25, -0.2) is 14.1 Å². The Bertz CT molecular complexity index is 1240. The first-order valence-electron chi connectivity index (χ1n) is 9.97. The fourth-order valence-electron chi connectivity index (χ4n) is 3.24. The van der Waals surface area contributed by atoms with E-state index in [0.717, 1.165) is 4.90 Å². The molecular weight excluding hydrogens is 427 g/mol. The number of methoxy groups -OCH3 is 1. The molecule has 1 fully saturated rings. The third kappa shape index (κ3) is 4.90. The molecule has 0 unspecified atom stereocenters. The average Bonchev–Trinajstić information content (AvgIpc) is 2.81. The Balaban J connectivity index is 1.51. The number of anilines is 1. The van der Waals surface area contributed by atoms with Gasteiger partial charge in [0.25, 0.3) is 11.8 Å². The van der Waals surface area contributed by atoms with E-state index in [1.807, 2.05) is 0 Å². The molecule has 8 heteroatoms. The number of ether oxygens (including phenoxy) is 2. The van der Waals surface area contributed by atoms with Crippen molar-refractivity contribution in [1.82, 2.24) is 5.32 Å². The van der Waals surface area contributed by atoms with Crippen LogP contribution in [0.25, 0.3) is 6.08 Å². The van der Waals surface area contributed by atoms with Crippen LogP contribution in [0.15, 0.2) is 78.4 Å². The number of hydrogen-bond acceptors (Lipinski definition) is 5. The summed E-state index contributed by atoms with van der Waals surface area (Å²) in [6, 6.07) is 18.3. The molecule has 0 spiro atoms. The lowest BCUT2D eigenvalue weighted by Gasteiger charge is -2.26. The summed E-state index contributed by atoms with van der Waals surface area (Å²) in [6.45, 7) is 0.192. The molecule has 166 valence electrons. The second-order valence-corrected chi connectivity index (χ2v) is 7.14. The lowest BCUT2D eigenvalue weighted by molar-refractivity contribution is -0.122. The summed E-state index contributed by atoms with van der Waals surface area (Å²) in [4.78, 5) is 38.5. The van der Waals surface area contributed by atoms with Crippen molar-refractivity contribution < 1.29 is 28.2 Å². The maximum Gasteiger partial charge on any atom is 0.335 e. The Morgan fingerprint density at radius 2 is 1.64 bits per heavy atom. The predicted molar refractivity (Wildman–Crippen MR) is 119 cm³/mol. The molecule has 7 nitrogen and oxygen atoms in total. The molecule has 3 aromatic rings. The van der Waals surface area contributed by atoms with Gasteiger partial charge in [-0.2, -0.15) is 0 Å². The van der Waals surface area contributed by atoms with Crippen LogP contribution in [0.3, 0.4) is 0 Å². The largest absolute Gasteiger partial charge is 0.497 e. The molecule has 1 aliphatic rings. The normalized spacial score (nSPS) is 14.9. The van der Waals surface area contributed by atoms with Gasteiger partial charge in [0.15, 0.2) is 0 Å². The average molecular weight is 446 g/mol. The third-order valence-electron chi connectivity index (χ3n) is 4.92. The van der Waals surface area contributed by atoms with E-state index in [2.05, 4.69) is 5.32 Å². The maximum absolute atomic E-state index is 13.3. The number of amides is 4. The lowest BCUT2D eigenvalue weighted by atomic mass is 10.1. The van der Waals surface area contributed by atoms with Gasteiger partial charge in [0.05, 0.1) is 12.8 Å². The second kappa shape index (κ2) is 9.35. The molecule has 0 saturated carbocycles. The van der Waals surface area contributed by atoms with Crippen LogP contribution in [0.5, 0.6) is 11.5 Å². The van der Waals surface area contributed by atoms with Gasteiger partial charge in [0, 0.05) is 0 Å². The van der Waals surface area contributed by atoms with Crippen molar-refractivity contribution in [3.63, 3.8) is 0 Å². The summed E-state index contributed by atoms with van der Waals surface area (Å²) in [5.74, 6) is -0.747. The quantitative estimate of drug-likeness (QED) is 0.456. The molecule has 1 aliphatic heterocycles. The van der Waals surface area contributed by atoms with E-state index in [4.69, 9.17) is 9.47 Å². The van der Waals surface area contributed by atoms with E-state index >= 15 is 0 Å². The molecule has 0 aliphatic carbocycles. The van der Waals surface area contributed by atoms with Gasteiger partial charge < -0.3 is 9.47 Å². The highest BCUT2D eigenvalue weighted by molar-refractivity contribution is 6.39. The maximum atomic E-state index is 13.3. The number of halogens is 1. The van der Waals surface area contributed by atoms with Crippen molar-refractivity contribution in [2.75, 3.05) is 12.0 Å². The minimum absolute atomic E-state index is 0.182. The predicted octanol–water partition coefficient (Wildman–Crippen LogP) is 4.08. The van der Waals surface area contributed by atoms with Crippen LogP contribution in [0.1, 0.15) is 11.1 Å². The fraction of sp³-hybridized carbons (Fsp3) is 0.0800. The number of benzene rings is 3. The number of nitrogens with zero attached hydrogens (tertiary/aromatic N) is 1. The van der Waals surface area contributed by atoms with Gasteiger partial charge in [-0.3, -0.25) is 14.9 Å². The van der Waals surface area contributed by atoms with Crippen LogP contribution >= 0.6 is 0 Å². The minimum atomic E-state index is -0.826. The molecule has 1 heterocycles. The zero-order chi connectivity index (χ0) is 23.4. The van der Waals surface area contributed by atoms with Crippen molar-refractivity contribution in [2.45, 2.75) is 6.61 Å². The van der Waals surface area contributed by atoms with Crippen LogP contribution in [-0.2, 0) is 16.2 Å². The van der Waals surface area contributed by atoms with Crippen LogP contribution in [-0.4, -0.2) is 25.0 Å². The van der Waals surface area contributed by atoms with Crippen molar-refractivity contribution in [3.05, 3.63) is 95.3 Å². The molecule has 0 atom stereocenters. The van der Waals surface area contributed by atoms with Gasteiger partial charge in [-0.1, -0.05) is 24.3 Å². The number of carbonyl (C=O) groups is 3.